The van der Waals surface area contributed by atoms with Gasteiger partial charge in [-0.2, -0.15) is 4.72 Å². The number of fused-ring (bicyclic) bond motifs is 2. The highest BCUT2D eigenvalue weighted by Gasteiger charge is 2.29. The first kappa shape index (κ1) is 36.8. The number of aromatic amines is 1. The summed E-state index contributed by atoms with van der Waals surface area (Å²) in [5.74, 6) is -4.41. The van der Waals surface area contributed by atoms with Gasteiger partial charge in [-0.05, 0) is 62.1 Å². The lowest BCUT2D eigenvalue weighted by Crippen LogP contribution is -2.49. The van der Waals surface area contributed by atoms with Crippen molar-refractivity contribution in [2.45, 2.75) is 51.2 Å². The number of H-pyrrole nitrogens is 1. The Morgan fingerprint density at radius 3 is 2.34 bits per heavy atom. The molecule has 0 saturated carbocycles. The van der Waals surface area contributed by atoms with Gasteiger partial charge in [0, 0.05) is 31.4 Å². The molecule has 0 aliphatic carbocycles. The summed E-state index contributed by atoms with van der Waals surface area (Å²) >= 11 is 0. The number of hydrogen-bond donors (Lipinski definition) is 5. The Hall–Kier alpha value is -5.93. The highest BCUT2D eigenvalue weighted by molar-refractivity contribution is 7.89. The minimum Gasteiger partial charge on any atom is -0.480 e. The Balaban J connectivity index is 1.31. The van der Waals surface area contributed by atoms with Crippen LogP contribution >= 0.6 is 0 Å². The molecule has 1 unspecified atom stereocenters. The molecule has 1 amide bonds. The van der Waals surface area contributed by atoms with Crippen molar-refractivity contribution in [3.8, 4) is 0 Å². The van der Waals surface area contributed by atoms with E-state index in [4.69, 9.17) is 0 Å². The topological polar surface area (TPSA) is 175 Å². The summed E-state index contributed by atoms with van der Waals surface area (Å²) in [6.07, 6.45) is 1.49. The molecular weight excluding hydrogens is 707 g/mol. The summed E-state index contributed by atoms with van der Waals surface area (Å²) in [5.41, 5.74) is 1.76. The predicted octanol–water partition coefficient (Wildman–Crippen LogP) is 5.10. The van der Waals surface area contributed by atoms with Gasteiger partial charge in [-0.1, -0.05) is 60.2 Å². The molecule has 0 aliphatic rings. The van der Waals surface area contributed by atoms with Gasteiger partial charge < -0.3 is 25.3 Å². The van der Waals surface area contributed by atoms with E-state index >= 15 is 8.78 Å². The van der Waals surface area contributed by atoms with Crippen LogP contribution in [0.2, 0.25) is 0 Å². The van der Waals surface area contributed by atoms with Gasteiger partial charge in [0.05, 0.1) is 26.8 Å². The number of nitrogens with one attached hydrogen (secondary N) is 4. The van der Waals surface area contributed by atoms with Crippen molar-refractivity contribution in [1.82, 2.24) is 24.6 Å². The monoisotopic (exact) mass is 742 g/mol. The molecule has 274 valence electrons. The number of sulfonamides is 1. The Morgan fingerprint density at radius 1 is 0.981 bits per heavy atom. The normalized spacial score (nSPS) is 12.2. The van der Waals surface area contributed by atoms with Gasteiger partial charge in [-0.25, -0.2) is 22.2 Å². The van der Waals surface area contributed by atoms with Crippen molar-refractivity contribution in [2.24, 2.45) is 0 Å². The SMILES string of the molecule is Cc1cc(C)c(S(=O)(=O)NC(CNC(=O)c2cn(CCc3ccccc3)c3c(F)c(CNc4nc5ccccc5[nH]4)c(F)cc3c2=O)C(=O)O)c(C)c1. The number of anilines is 1. The number of aryl methyl sites for hydroxylation is 5. The maximum Gasteiger partial charge on any atom is 0.323 e. The van der Waals surface area contributed by atoms with Crippen LogP contribution in [0.4, 0.5) is 14.7 Å². The maximum atomic E-state index is 16.4. The molecule has 0 aliphatic heterocycles. The minimum absolute atomic E-state index is 0.0763. The molecule has 6 aromatic rings. The van der Waals surface area contributed by atoms with Crippen LogP contribution in [0.25, 0.3) is 21.9 Å². The van der Waals surface area contributed by atoms with Crippen molar-refractivity contribution in [3.05, 3.63) is 134 Å². The number of halogens is 2. The fourth-order valence-electron chi connectivity index (χ4n) is 6.44. The molecular formula is C38H36F2N6O6S. The van der Waals surface area contributed by atoms with E-state index in [2.05, 4.69) is 25.3 Å². The van der Waals surface area contributed by atoms with Gasteiger partial charge in [0.15, 0.2) is 5.82 Å². The fraction of sp³-hybridized carbons (Fsp3) is 0.211. The quantitative estimate of drug-likeness (QED) is 0.109. The van der Waals surface area contributed by atoms with Gasteiger partial charge in [0.1, 0.15) is 17.4 Å². The Labute approximate surface area is 302 Å². The molecule has 12 nitrogen and oxygen atoms in total. The number of amides is 1. The highest BCUT2D eigenvalue weighted by atomic mass is 32.2. The van der Waals surface area contributed by atoms with Crippen molar-refractivity contribution in [3.63, 3.8) is 0 Å². The average Bonchev–Trinajstić information content (AvgIpc) is 3.52. The standard InChI is InChI=1S/C38H36F2N6O6S/c1-21-15-22(2)35(23(3)16-21)53(51,52)45-31(37(49)50)19-41-36(48)27-20-46(14-13-24-9-5-4-6-10-24)33-25(34(27)47)17-28(39)26(32(33)40)18-42-38-43-29-11-7-8-12-30(29)44-38/h4-12,15-17,20,31,45H,13-14,18-19H2,1-3H3,(H,41,48)(H,49,50)(H2,42,43,44). The summed E-state index contributed by atoms with van der Waals surface area (Å²) in [6.45, 7) is 3.98. The number of rotatable bonds is 13. The van der Waals surface area contributed by atoms with Gasteiger partial charge >= 0.3 is 5.97 Å². The molecule has 1 atom stereocenters. The van der Waals surface area contributed by atoms with E-state index in [9.17, 15) is 27.9 Å². The van der Waals surface area contributed by atoms with Crippen molar-refractivity contribution < 1.29 is 31.9 Å². The summed E-state index contributed by atoms with van der Waals surface area (Å²) in [4.78, 5) is 46.7. The van der Waals surface area contributed by atoms with E-state index in [0.29, 0.717) is 23.1 Å². The molecule has 53 heavy (non-hydrogen) atoms. The largest absolute Gasteiger partial charge is 0.480 e. The van der Waals surface area contributed by atoms with Gasteiger partial charge in [-0.3, -0.25) is 14.4 Å². The fourth-order valence-corrected chi connectivity index (χ4v) is 8.08. The van der Waals surface area contributed by atoms with Crippen molar-refractivity contribution in [2.75, 3.05) is 11.9 Å². The number of aliphatic carboxylic acids is 1. The first-order chi connectivity index (χ1) is 25.2. The van der Waals surface area contributed by atoms with Crippen molar-refractivity contribution >= 4 is 49.8 Å². The predicted molar refractivity (Wildman–Crippen MR) is 196 cm³/mol. The van der Waals surface area contributed by atoms with Crippen LogP contribution in [0.3, 0.4) is 0 Å². The zero-order chi connectivity index (χ0) is 38.0. The first-order valence-corrected chi connectivity index (χ1v) is 18.1. The van der Waals surface area contributed by atoms with Gasteiger partial charge in [0.2, 0.25) is 21.4 Å². The minimum atomic E-state index is -4.36. The van der Waals surface area contributed by atoms with Crippen LogP contribution < -0.4 is 20.8 Å². The van der Waals surface area contributed by atoms with E-state index in [1.165, 1.54) is 4.57 Å². The molecule has 2 aromatic heterocycles. The second kappa shape index (κ2) is 15.0. The summed E-state index contributed by atoms with van der Waals surface area (Å²) in [5, 5.41) is 14.7. The molecule has 0 saturated heterocycles. The number of carbonyl (C=O) groups excluding carboxylic acids is 1. The molecule has 15 heteroatoms. The van der Waals surface area contributed by atoms with Crippen LogP contribution in [0, 0.1) is 32.4 Å². The molecule has 2 heterocycles. The number of hydrogen-bond acceptors (Lipinski definition) is 7. The Morgan fingerprint density at radius 2 is 1.66 bits per heavy atom. The lowest BCUT2D eigenvalue weighted by molar-refractivity contribution is -0.138. The molecule has 5 N–H and O–H groups in total. The smallest absolute Gasteiger partial charge is 0.323 e. The number of nitrogens with zero attached hydrogens (tertiary/aromatic N) is 2. The molecule has 4 aromatic carbocycles. The number of pyridine rings is 1. The highest BCUT2D eigenvalue weighted by Crippen LogP contribution is 2.26. The molecule has 0 spiro atoms. The number of benzene rings is 4. The average molecular weight is 743 g/mol. The number of imidazole rings is 1. The third-order valence-corrected chi connectivity index (χ3v) is 10.6. The molecule has 0 fully saturated rings. The number of carboxylic acid groups (broad SMARTS) is 1. The van der Waals surface area contributed by atoms with Gasteiger partial charge in [-0.15, -0.1) is 0 Å². The summed E-state index contributed by atoms with van der Waals surface area (Å²) < 4.78 is 62.0. The zero-order valence-electron chi connectivity index (χ0n) is 29.0. The first-order valence-electron chi connectivity index (χ1n) is 16.6. The van der Waals surface area contributed by atoms with Crippen LogP contribution in [0.15, 0.2) is 88.7 Å². The summed E-state index contributed by atoms with van der Waals surface area (Å²) in [6, 6.07) is 18.7. The third kappa shape index (κ3) is 7.80. The lowest BCUT2D eigenvalue weighted by atomic mass is 10.0. The second-order valence-corrected chi connectivity index (χ2v) is 14.4. The van der Waals surface area contributed by atoms with Crippen molar-refractivity contribution in [1.29, 1.82) is 0 Å². The van der Waals surface area contributed by atoms with E-state index in [1.807, 2.05) is 36.4 Å². The molecule has 0 bridgehead atoms. The Bertz CT molecular complexity index is 2500. The van der Waals surface area contributed by atoms with Crippen LogP contribution in [-0.2, 0) is 34.3 Å². The van der Waals surface area contributed by atoms with E-state index in [0.717, 1.165) is 28.9 Å². The Kier molecular flexibility index (Phi) is 10.4. The van der Waals surface area contributed by atoms with Crippen LogP contribution in [0.5, 0.6) is 0 Å². The zero-order valence-corrected chi connectivity index (χ0v) is 29.8. The summed E-state index contributed by atoms with van der Waals surface area (Å²) in [7, 11) is -4.36. The maximum absolute atomic E-state index is 16.4. The molecule has 6 rings (SSSR count). The van der Waals surface area contributed by atoms with Crippen LogP contribution in [0.1, 0.15) is 38.2 Å². The third-order valence-electron chi connectivity index (χ3n) is 8.84. The van der Waals surface area contributed by atoms with Crippen LogP contribution in [-0.4, -0.2) is 52.5 Å². The number of para-hydroxylation sites is 2. The van der Waals surface area contributed by atoms with E-state index in [-0.39, 0.29) is 35.0 Å². The molecule has 0 radical (unpaired) electrons. The lowest BCUT2D eigenvalue weighted by Gasteiger charge is -2.19. The number of carbonyl (C=O) groups is 2. The second-order valence-electron chi connectivity index (χ2n) is 12.8. The van der Waals surface area contributed by atoms with E-state index < -0.39 is 62.5 Å². The number of carboxylic acids is 1. The number of aromatic nitrogens is 3. The van der Waals surface area contributed by atoms with Gasteiger partial charge in [0.25, 0.3) is 5.91 Å². The van der Waals surface area contributed by atoms with E-state index in [1.54, 1.807) is 51.1 Å².